The monoisotopic (exact) mass is 564 g/mol. The maximum Gasteiger partial charge on any atom is 0.385 e. The zero-order valence-electron chi connectivity index (χ0n) is 24.1. The van der Waals surface area contributed by atoms with Gasteiger partial charge in [-0.15, -0.1) is 5.10 Å². The molecular formula is C29H30N4O6S. The first kappa shape index (κ1) is 23.9. The van der Waals surface area contributed by atoms with Crippen molar-refractivity contribution in [2.75, 3.05) is 6.61 Å². The van der Waals surface area contributed by atoms with E-state index >= 15 is 0 Å². The van der Waals surface area contributed by atoms with E-state index in [1.54, 1.807) is 60.1 Å². The van der Waals surface area contributed by atoms with Gasteiger partial charge in [0.25, 0.3) is 0 Å². The molecule has 10 nitrogen and oxygen atoms in total. The minimum atomic E-state index is -4.12. The zero-order valence-corrected chi connectivity index (χ0v) is 22.9. The van der Waals surface area contributed by atoms with E-state index in [2.05, 4.69) is 10.3 Å². The Kier molecular flexibility index (Phi) is 6.10. The summed E-state index contributed by atoms with van der Waals surface area (Å²) in [7, 11) is -4.12. The average molecular weight is 565 g/mol. The molecule has 0 saturated carbocycles. The summed E-state index contributed by atoms with van der Waals surface area (Å²) in [4.78, 5) is 12.3. The Hall–Kier alpha value is -3.96. The lowest BCUT2D eigenvalue weighted by Crippen LogP contribution is -2.37. The number of hydrogen-bond acceptors (Lipinski definition) is 7. The highest BCUT2D eigenvalue weighted by molar-refractivity contribution is 7.84. The van der Waals surface area contributed by atoms with Crippen LogP contribution in [0.1, 0.15) is 61.3 Å². The van der Waals surface area contributed by atoms with Crippen LogP contribution in [0, 0.1) is 13.8 Å². The van der Waals surface area contributed by atoms with Gasteiger partial charge in [0.05, 0.1) is 18.5 Å². The van der Waals surface area contributed by atoms with Crippen LogP contribution < -0.4 is 8.92 Å². The SMILES string of the molecule is [2H]C([2H])(C(=O)O)[C@@H]1c2ccc(C)c(c2)CN2Cc3cc(ccc3OS2(=O)=O)OCCCCn2nnc3c(C)c1ccc32. The van der Waals surface area contributed by atoms with Gasteiger partial charge in [-0.3, -0.25) is 4.79 Å². The molecule has 4 heterocycles. The molecule has 0 radical (unpaired) electrons. The fourth-order valence-electron chi connectivity index (χ4n) is 5.33. The van der Waals surface area contributed by atoms with Gasteiger partial charge in [-0.1, -0.05) is 29.5 Å². The first-order chi connectivity index (χ1) is 20.0. The Morgan fingerprint density at radius 3 is 2.75 bits per heavy atom. The normalized spacial score (nSPS) is 21.4. The Labute approximate surface area is 235 Å². The van der Waals surface area contributed by atoms with E-state index in [-0.39, 0.29) is 18.8 Å². The number of fused-ring (bicyclic) bond motifs is 5. The molecule has 1 aromatic heterocycles. The van der Waals surface area contributed by atoms with Gasteiger partial charge < -0.3 is 14.0 Å². The molecule has 40 heavy (non-hydrogen) atoms. The van der Waals surface area contributed by atoms with Crippen molar-refractivity contribution in [1.29, 1.82) is 0 Å². The van der Waals surface area contributed by atoms with E-state index in [0.29, 0.717) is 52.2 Å². The summed E-state index contributed by atoms with van der Waals surface area (Å²) in [6, 6.07) is 13.7. The second-order valence-electron chi connectivity index (χ2n) is 10.2. The van der Waals surface area contributed by atoms with Gasteiger partial charge in [-0.05, 0) is 78.8 Å². The lowest BCUT2D eigenvalue weighted by molar-refractivity contribution is -0.137. The molecule has 0 amide bonds. The number of ether oxygens (including phenoxy) is 1. The number of aliphatic carboxylic acids is 1. The van der Waals surface area contributed by atoms with E-state index in [1.165, 1.54) is 4.31 Å². The Bertz CT molecular complexity index is 1820. The van der Waals surface area contributed by atoms with E-state index in [1.807, 2.05) is 6.92 Å². The molecule has 9 bridgehead atoms. The van der Waals surface area contributed by atoms with E-state index in [0.717, 1.165) is 23.9 Å². The summed E-state index contributed by atoms with van der Waals surface area (Å²) in [5, 5.41) is 18.7. The lowest BCUT2D eigenvalue weighted by atomic mass is 9.84. The number of carboxylic acid groups (broad SMARTS) is 1. The number of aryl methyl sites for hydroxylation is 3. The number of benzene rings is 3. The summed E-state index contributed by atoms with van der Waals surface area (Å²) in [5.74, 6) is -1.95. The first-order valence-electron chi connectivity index (χ1n) is 14.1. The van der Waals surface area contributed by atoms with Crippen LogP contribution in [0.4, 0.5) is 0 Å². The second kappa shape index (κ2) is 10.2. The van der Waals surface area contributed by atoms with Crippen LogP contribution >= 0.6 is 0 Å². The van der Waals surface area contributed by atoms with Crippen molar-refractivity contribution < 1.29 is 30.0 Å². The number of hydrogen-bond donors (Lipinski definition) is 1. The Morgan fingerprint density at radius 2 is 1.93 bits per heavy atom. The molecule has 0 fully saturated rings. The van der Waals surface area contributed by atoms with Crippen LogP contribution in [0.25, 0.3) is 11.0 Å². The molecule has 11 heteroatoms. The van der Waals surface area contributed by atoms with Gasteiger partial charge in [0.2, 0.25) is 0 Å². The smallest absolute Gasteiger partial charge is 0.385 e. The highest BCUT2D eigenvalue weighted by Gasteiger charge is 2.32. The van der Waals surface area contributed by atoms with Gasteiger partial charge >= 0.3 is 16.3 Å². The summed E-state index contributed by atoms with van der Waals surface area (Å²) in [6.07, 6.45) is -1.19. The van der Waals surface area contributed by atoms with Crippen molar-refractivity contribution in [1.82, 2.24) is 19.3 Å². The Morgan fingerprint density at radius 1 is 1.10 bits per heavy atom. The van der Waals surface area contributed by atoms with Crippen LogP contribution in [-0.2, 0) is 34.7 Å². The minimum Gasteiger partial charge on any atom is -0.494 e. The Balaban J connectivity index is 1.52. The fraction of sp³-hybridized carbons (Fsp3) is 0.345. The third kappa shape index (κ3) is 4.90. The molecule has 1 N–H and O–H groups in total. The van der Waals surface area contributed by atoms with Gasteiger partial charge in [0, 0.05) is 33.9 Å². The largest absolute Gasteiger partial charge is 0.494 e. The van der Waals surface area contributed by atoms with Crippen LogP contribution in [-0.4, -0.2) is 45.4 Å². The molecule has 2 atom stereocenters. The summed E-state index contributed by atoms with van der Waals surface area (Å²) in [5.41, 5.74) is 4.87. The molecule has 7 rings (SSSR count). The van der Waals surface area contributed by atoms with Gasteiger partial charge in [-0.25, -0.2) is 4.68 Å². The molecule has 0 spiro atoms. The molecular weight excluding hydrogens is 532 g/mol. The highest BCUT2D eigenvalue weighted by atomic mass is 32.2. The first-order valence-corrected chi connectivity index (χ1v) is 14.4. The molecule has 3 aromatic carbocycles. The van der Waals surface area contributed by atoms with Gasteiger partial charge in [0.1, 0.15) is 17.0 Å². The van der Waals surface area contributed by atoms with E-state index in [9.17, 15) is 18.3 Å². The number of carboxylic acids is 1. The maximum absolute atomic E-state index is 13.1. The van der Waals surface area contributed by atoms with E-state index < -0.39 is 28.6 Å². The van der Waals surface area contributed by atoms with Crippen molar-refractivity contribution in [3.05, 3.63) is 81.9 Å². The third-order valence-electron chi connectivity index (χ3n) is 7.54. The lowest BCUT2D eigenvalue weighted by Gasteiger charge is -2.29. The van der Waals surface area contributed by atoms with Gasteiger partial charge in [-0.2, -0.15) is 12.7 Å². The van der Waals surface area contributed by atoms with Crippen molar-refractivity contribution in [2.24, 2.45) is 0 Å². The van der Waals surface area contributed by atoms with Crippen LogP contribution in [0.2, 0.25) is 0 Å². The average Bonchev–Trinajstić information content (AvgIpc) is 3.35. The second-order valence-corrected chi connectivity index (χ2v) is 11.7. The fourth-order valence-corrected chi connectivity index (χ4v) is 6.42. The number of carbonyl (C=O) groups is 1. The standard InChI is InChI=1S/C29H30N4O6S/c1-18-5-6-20-13-21(18)16-32-17-22-14-23(7-10-27(22)39-40(32,36)37)38-12-4-3-11-33-26-9-8-24(25(20)15-28(34)35)19(2)29(26)30-31-33/h5-10,13-14,25H,3-4,11-12,15-17H2,1-2H3,(H,34,35)/t25-/m1/s1/i15D2. The predicted octanol–water partition coefficient (Wildman–Crippen LogP) is 4.47. The maximum atomic E-state index is 13.1. The van der Waals surface area contributed by atoms with Crippen molar-refractivity contribution in [2.45, 2.75) is 58.6 Å². The van der Waals surface area contributed by atoms with Crippen molar-refractivity contribution in [3.63, 3.8) is 0 Å². The summed E-state index contributed by atoms with van der Waals surface area (Å²) in [6.45, 7) is 4.66. The van der Waals surface area contributed by atoms with E-state index in [4.69, 9.17) is 11.7 Å². The highest BCUT2D eigenvalue weighted by Crippen LogP contribution is 2.36. The molecule has 208 valence electrons. The third-order valence-corrected chi connectivity index (χ3v) is 8.82. The predicted molar refractivity (Wildman–Crippen MR) is 148 cm³/mol. The molecule has 3 aliphatic heterocycles. The number of aromatic nitrogens is 3. The molecule has 1 unspecified atom stereocenters. The number of nitrogens with zero attached hydrogens (tertiary/aromatic N) is 4. The molecule has 4 aromatic rings. The van der Waals surface area contributed by atoms with Crippen molar-refractivity contribution in [3.8, 4) is 11.5 Å². The zero-order chi connectivity index (χ0) is 29.8. The number of rotatable bonds is 2. The molecule has 3 aliphatic rings. The molecule has 0 aliphatic carbocycles. The summed E-state index contributed by atoms with van der Waals surface area (Å²) < 4.78 is 57.9. The molecule has 0 saturated heterocycles. The van der Waals surface area contributed by atoms with Crippen LogP contribution in [0.5, 0.6) is 11.5 Å². The topological polar surface area (TPSA) is 124 Å². The van der Waals surface area contributed by atoms with Crippen LogP contribution in [0.3, 0.4) is 0 Å². The van der Waals surface area contributed by atoms with Gasteiger partial charge in [0.15, 0.2) is 0 Å². The summed E-state index contributed by atoms with van der Waals surface area (Å²) >= 11 is 0. The van der Waals surface area contributed by atoms with Crippen LogP contribution in [0.15, 0.2) is 48.5 Å². The minimum absolute atomic E-state index is 0.0539. The van der Waals surface area contributed by atoms with Crippen molar-refractivity contribution >= 4 is 27.3 Å². The quantitative estimate of drug-likeness (QED) is 0.378.